The Balaban J connectivity index is 1.74. The topological polar surface area (TPSA) is 59.0 Å². The van der Waals surface area contributed by atoms with Gasteiger partial charge in [-0.2, -0.15) is 5.10 Å². The van der Waals surface area contributed by atoms with Crippen LogP contribution >= 0.6 is 0 Å². The van der Waals surface area contributed by atoms with E-state index in [2.05, 4.69) is 43.4 Å². The molecular formula is C19H24F2N4O. The Morgan fingerprint density at radius 3 is 2.46 bits per heavy atom. The first-order chi connectivity index (χ1) is 12.0. The summed E-state index contributed by atoms with van der Waals surface area (Å²) in [4.78, 5) is 12.6. The van der Waals surface area contributed by atoms with E-state index in [4.69, 9.17) is 0 Å². The summed E-state index contributed by atoms with van der Waals surface area (Å²) in [7, 11) is 0. The Labute approximate surface area is 151 Å². The molecule has 1 amide bonds. The second-order valence-electron chi connectivity index (χ2n) is 8.21. The van der Waals surface area contributed by atoms with Crippen molar-refractivity contribution in [2.75, 3.05) is 0 Å². The number of aromatic nitrogens is 2. The number of hydrogen-bond acceptors (Lipinski definition) is 3. The standard InChI is InChI=1S/C19H24F2N4O/c1-18(2)10-13(11-19(3,4)24-18)22-17(26)15-7-8-25(23-15)16-6-5-12(20)9-14(16)21/h5-9,13,24H,10-11H2,1-4H3,(H,22,26). The van der Waals surface area contributed by atoms with E-state index in [0.717, 1.165) is 25.0 Å². The molecule has 0 spiro atoms. The maximum absolute atomic E-state index is 13.9. The minimum Gasteiger partial charge on any atom is -0.348 e. The molecule has 0 saturated carbocycles. The Morgan fingerprint density at radius 1 is 1.19 bits per heavy atom. The van der Waals surface area contributed by atoms with Gasteiger partial charge < -0.3 is 10.6 Å². The number of nitrogens with zero attached hydrogens (tertiary/aromatic N) is 2. The lowest BCUT2D eigenvalue weighted by molar-refractivity contribution is 0.0868. The number of piperidine rings is 1. The number of rotatable bonds is 3. The van der Waals surface area contributed by atoms with Crippen LogP contribution in [0.1, 0.15) is 51.0 Å². The van der Waals surface area contributed by atoms with Gasteiger partial charge in [-0.15, -0.1) is 0 Å². The van der Waals surface area contributed by atoms with Crippen molar-refractivity contribution in [3.05, 3.63) is 47.8 Å². The third-order valence-corrected chi connectivity index (χ3v) is 4.50. The summed E-state index contributed by atoms with van der Waals surface area (Å²) in [6, 6.07) is 4.77. The molecule has 0 aliphatic carbocycles. The van der Waals surface area contributed by atoms with Crippen LogP contribution in [0.5, 0.6) is 0 Å². The lowest BCUT2D eigenvalue weighted by Crippen LogP contribution is -2.62. The van der Waals surface area contributed by atoms with Crippen LogP contribution in [0.4, 0.5) is 8.78 Å². The number of amides is 1. The molecule has 1 aromatic heterocycles. The first kappa shape index (κ1) is 18.5. The Morgan fingerprint density at radius 2 is 1.85 bits per heavy atom. The second kappa shape index (κ2) is 6.46. The van der Waals surface area contributed by atoms with E-state index in [1.54, 1.807) is 0 Å². The zero-order valence-corrected chi connectivity index (χ0v) is 15.4. The molecule has 1 fully saturated rings. The summed E-state index contributed by atoms with van der Waals surface area (Å²) in [6.45, 7) is 8.44. The molecule has 2 N–H and O–H groups in total. The van der Waals surface area contributed by atoms with Crippen molar-refractivity contribution in [3.8, 4) is 5.69 Å². The van der Waals surface area contributed by atoms with Gasteiger partial charge in [0.2, 0.25) is 0 Å². The molecule has 0 atom stereocenters. The van der Waals surface area contributed by atoms with Crippen molar-refractivity contribution in [2.45, 2.75) is 57.7 Å². The van der Waals surface area contributed by atoms with Crippen molar-refractivity contribution in [2.24, 2.45) is 0 Å². The van der Waals surface area contributed by atoms with E-state index < -0.39 is 11.6 Å². The maximum atomic E-state index is 13.9. The zero-order chi connectivity index (χ0) is 19.1. The molecule has 1 saturated heterocycles. The molecule has 5 nitrogen and oxygen atoms in total. The molecule has 2 aromatic rings. The number of benzene rings is 1. The number of hydrogen-bond donors (Lipinski definition) is 2. The van der Waals surface area contributed by atoms with Crippen LogP contribution in [-0.4, -0.2) is 32.8 Å². The molecule has 0 radical (unpaired) electrons. The summed E-state index contributed by atoms with van der Waals surface area (Å²) in [5, 5.41) is 10.7. The number of carbonyl (C=O) groups excluding carboxylic acids is 1. The van der Waals surface area contributed by atoms with Crippen molar-refractivity contribution in [3.63, 3.8) is 0 Å². The average molecular weight is 362 g/mol. The average Bonchev–Trinajstić information content (AvgIpc) is 2.93. The fourth-order valence-corrected chi connectivity index (χ4v) is 3.93. The highest BCUT2D eigenvalue weighted by molar-refractivity contribution is 5.92. The third kappa shape index (κ3) is 4.09. The van der Waals surface area contributed by atoms with Gasteiger partial charge >= 0.3 is 0 Å². The van der Waals surface area contributed by atoms with Gasteiger partial charge in [0, 0.05) is 29.4 Å². The van der Waals surface area contributed by atoms with Crippen LogP contribution in [0, 0.1) is 11.6 Å². The van der Waals surface area contributed by atoms with Gasteiger partial charge in [0.15, 0.2) is 11.5 Å². The van der Waals surface area contributed by atoms with Crippen LogP contribution in [-0.2, 0) is 0 Å². The highest BCUT2D eigenvalue weighted by atomic mass is 19.1. The molecule has 26 heavy (non-hydrogen) atoms. The molecule has 0 bridgehead atoms. The molecule has 3 rings (SSSR count). The smallest absolute Gasteiger partial charge is 0.272 e. The molecule has 1 aliphatic heterocycles. The SMILES string of the molecule is CC1(C)CC(NC(=O)c2ccn(-c3ccc(F)cc3F)n2)CC(C)(C)N1. The predicted octanol–water partition coefficient (Wildman–Crippen LogP) is 3.19. The van der Waals surface area contributed by atoms with Crippen LogP contribution in [0.25, 0.3) is 5.69 Å². The molecular weight excluding hydrogens is 338 g/mol. The summed E-state index contributed by atoms with van der Waals surface area (Å²) in [5.74, 6) is -1.70. The van der Waals surface area contributed by atoms with Crippen LogP contribution < -0.4 is 10.6 Å². The van der Waals surface area contributed by atoms with Crippen molar-refractivity contribution >= 4 is 5.91 Å². The van der Waals surface area contributed by atoms with Crippen molar-refractivity contribution in [1.82, 2.24) is 20.4 Å². The van der Waals surface area contributed by atoms with Gasteiger partial charge in [-0.3, -0.25) is 4.79 Å². The minimum atomic E-state index is -0.734. The quantitative estimate of drug-likeness (QED) is 0.882. The third-order valence-electron chi connectivity index (χ3n) is 4.50. The lowest BCUT2D eigenvalue weighted by atomic mass is 9.79. The molecule has 140 valence electrons. The van der Waals surface area contributed by atoms with Crippen LogP contribution in [0.3, 0.4) is 0 Å². The van der Waals surface area contributed by atoms with Gasteiger partial charge in [0.25, 0.3) is 5.91 Å². The number of carbonyl (C=O) groups is 1. The normalized spacial score (nSPS) is 19.3. The van der Waals surface area contributed by atoms with E-state index in [1.165, 1.54) is 23.0 Å². The van der Waals surface area contributed by atoms with Gasteiger partial charge in [-0.1, -0.05) is 0 Å². The minimum absolute atomic E-state index is 0.0152. The first-order valence-corrected chi connectivity index (χ1v) is 8.66. The zero-order valence-electron chi connectivity index (χ0n) is 15.4. The first-order valence-electron chi connectivity index (χ1n) is 8.66. The monoisotopic (exact) mass is 362 g/mol. The Kier molecular flexibility index (Phi) is 4.60. The highest BCUT2D eigenvalue weighted by Gasteiger charge is 2.38. The van der Waals surface area contributed by atoms with Gasteiger partial charge in [-0.25, -0.2) is 13.5 Å². The lowest BCUT2D eigenvalue weighted by Gasteiger charge is -2.46. The Bertz CT molecular complexity index is 813. The van der Waals surface area contributed by atoms with Crippen LogP contribution in [0.15, 0.2) is 30.5 Å². The Hall–Kier alpha value is -2.28. The fourth-order valence-electron chi connectivity index (χ4n) is 3.93. The van der Waals surface area contributed by atoms with Crippen molar-refractivity contribution < 1.29 is 13.6 Å². The van der Waals surface area contributed by atoms with E-state index in [1.807, 2.05) is 0 Å². The van der Waals surface area contributed by atoms with E-state index in [-0.39, 0.29) is 34.4 Å². The largest absolute Gasteiger partial charge is 0.348 e. The summed E-state index contributed by atoms with van der Waals surface area (Å²) in [6.07, 6.45) is 3.09. The highest BCUT2D eigenvalue weighted by Crippen LogP contribution is 2.28. The summed E-state index contributed by atoms with van der Waals surface area (Å²) >= 11 is 0. The molecule has 1 aliphatic rings. The van der Waals surface area contributed by atoms with E-state index >= 15 is 0 Å². The molecule has 1 aromatic carbocycles. The second-order valence-corrected chi connectivity index (χ2v) is 8.21. The van der Waals surface area contributed by atoms with Gasteiger partial charge in [0.1, 0.15) is 11.5 Å². The molecule has 2 heterocycles. The van der Waals surface area contributed by atoms with Crippen LogP contribution in [0.2, 0.25) is 0 Å². The van der Waals surface area contributed by atoms with E-state index in [9.17, 15) is 13.6 Å². The maximum Gasteiger partial charge on any atom is 0.272 e. The van der Waals surface area contributed by atoms with Gasteiger partial charge in [0.05, 0.1) is 0 Å². The molecule has 7 heteroatoms. The van der Waals surface area contributed by atoms with Gasteiger partial charge in [-0.05, 0) is 58.7 Å². The fraction of sp³-hybridized carbons (Fsp3) is 0.474. The summed E-state index contributed by atoms with van der Waals surface area (Å²) in [5.41, 5.74) is 0.115. The predicted molar refractivity (Wildman–Crippen MR) is 95.3 cm³/mol. The number of halogens is 2. The van der Waals surface area contributed by atoms with Crippen molar-refractivity contribution in [1.29, 1.82) is 0 Å². The molecule has 0 unspecified atom stereocenters. The number of nitrogens with one attached hydrogen (secondary N) is 2. The summed E-state index contributed by atoms with van der Waals surface area (Å²) < 4.78 is 28.2. The van der Waals surface area contributed by atoms with E-state index in [0.29, 0.717) is 0 Å².